The number of carbonyl (C=O) groups excluding carboxylic acids is 2. The van der Waals surface area contributed by atoms with Crippen LogP contribution in [-0.2, 0) is 19.1 Å². The summed E-state index contributed by atoms with van der Waals surface area (Å²) in [5.41, 5.74) is 2.88. The number of fused-ring (bicyclic) bond motifs is 1. The number of hydrogen-bond donors (Lipinski definition) is 0. The minimum Gasteiger partial charge on any atom is -0.461 e. The first kappa shape index (κ1) is 18.5. The molecular formula is C20H28O4. The monoisotopic (exact) mass is 332 g/mol. The highest BCUT2D eigenvalue weighted by molar-refractivity contribution is 5.91. The Bertz CT molecular complexity index is 568. The van der Waals surface area contributed by atoms with Gasteiger partial charge in [0.15, 0.2) is 0 Å². The lowest BCUT2D eigenvalue weighted by atomic mass is 9.88. The van der Waals surface area contributed by atoms with Crippen LogP contribution in [0.5, 0.6) is 0 Å². The highest BCUT2D eigenvalue weighted by atomic mass is 16.6. The summed E-state index contributed by atoms with van der Waals surface area (Å²) in [5.74, 6) is -0.192. The maximum absolute atomic E-state index is 11.9. The Labute approximate surface area is 144 Å². The molecule has 1 heterocycles. The van der Waals surface area contributed by atoms with E-state index in [1.54, 1.807) is 0 Å². The Balaban J connectivity index is 2.10. The van der Waals surface area contributed by atoms with Gasteiger partial charge in [0, 0.05) is 17.9 Å². The number of carbonyl (C=O) groups is 2. The van der Waals surface area contributed by atoms with Crippen molar-refractivity contribution in [3.05, 3.63) is 35.5 Å². The molecule has 0 amide bonds. The van der Waals surface area contributed by atoms with E-state index in [0.29, 0.717) is 12.0 Å². The van der Waals surface area contributed by atoms with Gasteiger partial charge in [0.05, 0.1) is 0 Å². The van der Waals surface area contributed by atoms with E-state index in [9.17, 15) is 9.59 Å². The summed E-state index contributed by atoms with van der Waals surface area (Å²) >= 11 is 0. The molecule has 0 N–H and O–H groups in total. The molecule has 2 aliphatic rings. The van der Waals surface area contributed by atoms with E-state index in [1.165, 1.54) is 5.57 Å². The molecule has 1 aliphatic heterocycles. The average molecular weight is 332 g/mol. The SMILES string of the molecule is C=C1C(=O)OC2C=C(COC(=O)CC(C)C)CCC=C(C)CCC12. The topological polar surface area (TPSA) is 52.6 Å². The Kier molecular flexibility index (Phi) is 6.41. The summed E-state index contributed by atoms with van der Waals surface area (Å²) in [6.45, 7) is 10.3. The van der Waals surface area contributed by atoms with Crippen LogP contribution in [0.25, 0.3) is 0 Å². The summed E-state index contributed by atoms with van der Waals surface area (Å²) < 4.78 is 10.9. The molecule has 0 aromatic carbocycles. The zero-order chi connectivity index (χ0) is 17.7. The first-order chi connectivity index (χ1) is 11.4. The fraction of sp³-hybridized carbons (Fsp3) is 0.600. The molecule has 2 atom stereocenters. The van der Waals surface area contributed by atoms with Crippen LogP contribution in [0, 0.1) is 11.8 Å². The van der Waals surface area contributed by atoms with Gasteiger partial charge in [-0.25, -0.2) is 4.79 Å². The maximum Gasteiger partial charge on any atom is 0.334 e. The van der Waals surface area contributed by atoms with Crippen LogP contribution >= 0.6 is 0 Å². The summed E-state index contributed by atoms with van der Waals surface area (Å²) in [4.78, 5) is 23.7. The zero-order valence-electron chi connectivity index (χ0n) is 15.0. The number of rotatable bonds is 4. The van der Waals surface area contributed by atoms with E-state index in [1.807, 2.05) is 19.9 Å². The first-order valence-electron chi connectivity index (χ1n) is 8.77. The lowest BCUT2D eigenvalue weighted by Gasteiger charge is -2.18. The molecule has 1 aliphatic carbocycles. The lowest BCUT2D eigenvalue weighted by molar-refractivity contribution is -0.143. The Hall–Kier alpha value is -1.84. The number of allylic oxidation sites excluding steroid dienone is 2. The van der Waals surface area contributed by atoms with E-state index in [4.69, 9.17) is 9.47 Å². The van der Waals surface area contributed by atoms with Gasteiger partial charge < -0.3 is 9.47 Å². The van der Waals surface area contributed by atoms with Crippen molar-refractivity contribution in [3.63, 3.8) is 0 Å². The quantitative estimate of drug-likeness (QED) is 0.441. The van der Waals surface area contributed by atoms with Gasteiger partial charge in [-0.05, 0) is 50.2 Å². The molecule has 2 rings (SSSR count). The first-order valence-corrected chi connectivity index (χ1v) is 8.77. The van der Waals surface area contributed by atoms with Gasteiger partial charge in [-0.2, -0.15) is 0 Å². The van der Waals surface area contributed by atoms with E-state index >= 15 is 0 Å². The van der Waals surface area contributed by atoms with Gasteiger partial charge in [-0.3, -0.25) is 4.79 Å². The van der Waals surface area contributed by atoms with Crippen LogP contribution in [0.4, 0.5) is 0 Å². The second-order valence-corrected chi connectivity index (χ2v) is 7.21. The van der Waals surface area contributed by atoms with Crippen LogP contribution in [0.2, 0.25) is 0 Å². The van der Waals surface area contributed by atoms with Gasteiger partial charge in [-0.1, -0.05) is 32.1 Å². The molecule has 0 aromatic rings. The molecule has 24 heavy (non-hydrogen) atoms. The lowest BCUT2D eigenvalue weighted by Crippen LogP contribution is -2.17. The van der Waals surface area contributed by atoms with Crippen molar-refractivity contribution in [1.29, 1.82) is 0 Å². The molecule has 1 saturated heterocycles. The summed E-state index contributed by atoms with van der Waals surface area (Å²) in [6, 6.07) is 0. The molecule has 2 unspecified atom stereocenters. The zero-order valence-corrected chi connectivity index (χ0v) is 15.0. The van der Waals surface area contributed by atoms with E-state index in [2.05, 4.69) is 19.6 Å². The van der Waals surface area contributed by atoms with E-state index in [0.717, 1.165) is 31.3 Å². The molecule has 0 bridgehead atoms. The van der Waals surface area contributed by atoms with Crippen molar-refractivity contribution in [3.8, 4) is 0 Å². The Morgan fingerprint density at radius 1 is 1.42 bits per heavy atom. The largest absolute Gasteiger partial charge is 0.461 e. The third kappa shape index (κ3) is 5.08. The third-order valence-electron chi connectivity index (χ3n) is 4.55. The van der Waals surface area contributed by atoms with Crippen molar-refractivity contribution >= 4 is 11.9 Å². The second kappa shape index (κ2) is 8.32. The molecule has 0 spiro atoms. The summed E-state index contributed by atoms with van der Waals surface area (Å²) in [6.07, 6.45) is 7.85. The fourth-order valence-electron chi connectivity index (χ4n) is 3.11. The smallest absolute Gasteiger partial charge is 0.334 e. The molecule has 4 nitrogen and oxygen atoms in total. The molecule has 0 saturated carbocycles. The van der Waals surface area contributed by atoms with E-state index in [-0.39, 0.29) is 36.5 Å². The summed E-state index contributed by atoms with van der Waals surface area (Å²) in [7, 11) is 0. The van der Waals surface area contributed by atoms with Gasteiger partial charge in [0.2, 0.25) is 0 Å². The molecule has 0 aromatic heterocycles. The fourth-order valence-corrected chi connectivity index (χ4v) is 3.11. The van der Waals surface area contributed by atoms with Crippen LogP contribution in [-0.4, -0.2) is 24.6 Å². The van der Waals surface area contributed by atoms with Gasteiger partial charge >= 0.3 is 11.9 Å². The minimum atomic E-state index is -0.307. The minimum absolute atomic E-state index is 0.0142. The maximum atomic E-state index is 11.9. The van der Waals surface area contributed by atoms with Gasteiger partial charge in [-0.15, -0.1) is 0 Å². The standard InChI is InChI=1S/C20H28O4/c1-13(2)10-19(21)23-12-16-7-5-6-14(3)8-9-17-15(4)20(22)24-18(17)11-16/h6,11,13,17-18H,4-5,7-10,12H2,1-3H3. The highest BCUT2D eigenvalue weighted by Gasteiger charge is 2.37. The van der Waals surface area contributed by atoms with Crippen LogP contribution in [0.3, 0.4) is 0 Å². The molecule has 1 fully saturated rings. The van der Waals surface area contributed by atoms with Crippen molar-refractivity contribution in [2.24, 2.45) is 11.8 Å². The van der Waals surface area contributed by atoms with Crippen molar-refractivity contribution in [2.45, 2.75) is 59.0 Å². The Morgan fingerprint density at radius 3 is 2.88 bits per heavy atom. The molecule has 4 heteroatoms. The number of esters is 2. The van der Waals surface area contributed by atoms with Crippen molar-refractivity contribution in [2.75, 3.05) is 6.61 Å². The van der Waals surface area contributed by atoms with Crippen molar-refractivity contribution in [1.82, 2.24) is 0 Å². The number of ether oxygens (including phenoxy) is 2. The normalized spacial score (nSPS) is 24.8. The number of hydrogen-bond acceptors (Lipinski definition) is 4. The van der Waals surface area contributed by atoms with Crippen LogP contribution in [0.1, 0.15) is 52.9 Å². The van der Waals surface area contributed by atoms with E-state index < -0.39 is 0 Å². The molecular weight excluding hydrogens is 304 g/mol. The Morgan fingerprint density at radius 2 is 2.17 bits per heavy atom. The van der Waals surface area contributed by atoms with Crippen LogP contribution in [0.15, 0.2) is 35.5 Å². The highest BCUT2D eigenvalue weighted by Crippen LogP contribution is 2.34. The predicted octanol–water partition coefficient (Wildman–Crippen LogP) is 4.12. The summed E-state index contributed by atoms with van der Waals surface area (Å²) in [5, 5.41) is 0. The average Bonchev–Trinajstić information content (AvgIpc) is 2.76. The van der Waals surface area contributed by atoms with Gasteiger partial charge in [0.25, 0.3) is 0 Å². The third-order valence-corrected chi connectivity index (χ3v) is 4.55. The van der Waals surface area contributed by atoms with Crippen LogP contribution < -0.4 is 0 Å². The second-order valence-electron chi connectivity index (χ2n) is 7.21. The van der Waals surface area contributed by atoms with Gasteiger partial charge in [0.1, 0.15) is 12.7 Å². The predicted molar refractivity (Wildman–Crippen MR) is 93.2 cm³/mol. The van der Waals surface area contributed by atoms with Crippen molar-refractivity contribution < 1.29 is 19.1 Å². The molecule has 132 valence electrons. The molecule has 0 radical (unpaired) electrons.